The van der Waals surface area contributed by atoms with Gasteiger partial charge in [0.1, 0.15) is 0 Å². The van der Waals surface area contributed by atoms with E-state index in [4.69, 9.17) is 16.7 Å². The number of rotatable bonds is 7. The molecule has 1 aromatic rings. The van der Waals surface area contributed by atoms with Gasteiger partial charge in [-0.05, 0) is 36.8 Å². The van der Waals surface area contributed by atoms with Gasteiger partial charge in [0.05, 0.1) is 0 Å². The molecule has 0 aliphatic heterocycles. The van der Waals surface area contributed by atoms with E-state index in [1.807, 2.05) is 13.0 Å². The number of carbonyl (C=O) groups is 1. The highest BCUT2D eigenvalue weighted by atomic mass is 35.5. The average molecular weight is 288 g/mol. The zero-order valence-corrected chi connectivity index (χ0v) is 12.0. The molecule has 1 aromatic carbocycles. The third-order valence-corrected chi connectivity index (χ3v) is 3.89. The van der Waals surface area contributed by atoms with Crippen molar-refractivity contribution in [3.05, 3.63) is 34.3 Å². The van der Waals surface area contributed by atoms with E-state index in [9.17, 15) is 4.79 Å². The lowest BCUT2D eigenvalue weighted by atomic mass is 10.1. The van der Waals surface area contributed by atoms with Gasteiger partial charge in [-0.2, -0.15) is 11.8 Å². The largest absolute Gasteiger partial charge is 0.396 e. The maximum Gasteiger partial charge on any atom is 0.251 e. The molecule has 0 saturated heterocycles. The minimum Gasteiger partial charge on any atom is -0.396 e. The van der Waals surface area contributed by atoms with Gasteiger partial charge in [0, 0.05) is 29.5 Å². The van der Waals surface area contributed by atoms with Crippen molar-refractivity contribution in [2.24, 2.45) is 0 Å². The molecule has 1 rings (SSSR count). The number of thioether (sulfide) groups is 1. The highest BCUT2D eigenvalue weighted by Gasteiger charge is 2.06. The van der Waals surface area contributed by atoms with E-state index in [1.54, 1.807) is 23.9 Å². The molecule has 0 spiro atoms. The van der Waals surface area contributed by atoms with Gasteiger partial charge < -0.3 is 10.4 Å². The number of aliphatic hydroxyl groups is 1. The number of aryl methyl sites for hydroxylation is 1. The summed E-state index contributed by atoms with van der Waals surface area (Å²) in [5.74, 6) is 1.67. The summed E-state index contributed by atoms with van der Waals surface area (Å²) in [6, 6.07) is 5.30. The van der Waals surface area contributed by atoms with Gasteiger partial charge in [0.2, 0.25) is 0 Å². The van der Waals surface area contributed by atoms with Crippen LogP contribution in [0, 0.1) is 6.92 Å². The van der Waals surface area contributed by atoms with Crippen molar-refractivity contribution in [3.63, 3.8) is 0 Å². The predicted octanol–water partition coefficient (Wildman–Crippen LogP) is 2.49. The van der Waals surface area contributed by atoms with E-state index in [-0.39, 0.29) is 12.5 Å². The van der Waals surface area contributed by atoms with Crippen LogP contribution in [0.25, 0.3) is 0 Å². The fourth-order valence-electron chi connectivity index (χ4n) is 1.34. The Kier molecular flexibility index (Phi) is 7.16. The number of benzene rings is 1. The van der Waals surface area contributed by atoms with E-state index < -0.39 is 0 Å². The van der Waals surface area contributed by atoms with Crippen LogP contribution in [-0.4, -0.2) is 35.7 Å². The Morgan fingerprint density at radius 1 is 1.44 bits per heavy atom. The van der Waals surface area contributed by atoms with Crippen molar-refractivity contribution in [2.75, 3.05) is 24.7 Å². The maximum atomic E-state index is 11.8. The molecule has 0 radical (unpaired) electrons. The summed E-state index contributed by atoms with van der Waals surface area (Å²) in [4.78, 5) is 11.8. The number of amides is 1. The molecule has 2 N–H and O–H groups in total. The molecule has 18 heavy (non-hydrogen) atoms. The molecule has 0 aromatic heterocycles. The zero-order chi connectivity index (χ0) is 13.4. The summed E-state index contributed by atoms with van der Waals surface area (Å²) >= 11 is 7.69. The van der Waals surface area contributed by atoms with Crippen LogP contribution in [-0.2, 0) is 0 Å². The minimum absolute atomic E-state index is 0.0975. The number of carbonyl (C=O) groups excluding carboxylic acids is 1. The van der Waals surface area contributed by atoms with Crippen LogP contribution in [0.3, 0.4) is 0 Å². The van der Waals surface area contributed by atoms with Crippen LogP contribution in [0.2, 0.25) is 5.02 Å². The van der Waals surface area contributed by atoms with E-state index in [0.717, 1.165) is 23.5 Å². The second-order valence-electron chi connectivity index (χ2n) is 3.91. The van der Waals surface area contributed by atoms with Crippen molar-refractivity contribution >= 4 is 29.3 Å². The molecule has 100 valence electrons. The van der Waals surface area contributed by atoms with Gasteiger partial charge in [-0.3, -0.25) is 4.79 Å². The van der Waals surface area contributed by atoms with Gasteiger partial charge in [-0.25, -0.2) is 0 Å². The molecule has 5 heteroatoms. The van der Waals surface area contributed by atoms with Crippen LogP contribution >= 0.6 is 23.4 Å². The third-order valence-electron chi connectivity index (χ3n) is 2.41. The Balaban J connectivity index is 2.30. The van der Waals surface area contributed by atoms with Crippen LogP contribution < -0.4 is 5.32 Å². The Bertz CT molecular complexity index is 399. The van der Waals surface area contributed by atoms with Crippen molar-refractivity contribution in [1.29, 1.82) is 0 Å². The Hall–Kier alpha value is -0.710. The smallest absolute Gasteiger partial charge is 0.251 e. The minimum atomic E-state index is -0.0975. The molecular formula is C13H18ClNO2S. The Morgan fingerprint density at radius 3 is 2.89 bits per heavy atom. The van der Waals surface area contributed by atoms with Gasteiger partial charge in [-0.1, -0.05) is 17.7 Å². The van der Waals surface area contributed by atoms with Crippen LogP contribution in [0.4, 0.5) is 0 Å². The standard InChI is InChI=1S/C13H18ClNO2S/c1-10-3-4-11(9-12(10)14)13(17)15-5-8-18-7-2-6-16/h3-4,9,16H,2,5-8H2,1H3,(H,15,17). The van der Waals surface area contributed by atoms with Crippen LogP contribution in [0.1, 0.15) is 22.3 Å². The second-order valence-corrected chi connectivity index (χ2v) is 5.54. The normalized spacial score (nSPS) is 10.4. The molecule has 0 unspecified atom stereocenters. The number of nitrogens with one attached hydrogen (secondary N) is 1. The summed E-state index contributed by atoms with van der Waals surface area (Å²) in [5.41, 5.74) is 1.55. The highest BCUT2D eigenvalue weighted by Crippen LogP contribution is 2.16. The molecule has 1 amide bonds. The fraction of sp³-hybridized carbons (Fsp3) is 0.462. The van der Waals surface area contributed by atoms with Crippen molar-refractivity contribution in [1.82, 2.24) is 5.32 Å². The number of hydrogen-bond acceptors (Lipinski definition) is 3. The molecule has 0 saturated carbocycles. The summed E-state index contributed by atoms with van der Waals surface area (Å²) in [6.07, 6.45) is 0.798. The fourth-order valence-corrected chi connectivity index (χ4v) is 2.31. The first kappa shape index (κ1) is 15.3. The third kappa shape index (κ3) is 5.29. The predicted molar refractivity (Wildman–Crippen MR) is 77.6 cm³/mol. The molecule has 0 atom stereocenters. The lowest BCUT2D eigenvalue weighted by Crippen LogP contribution is -2.25. The molecule has 0 aliphatic rings. The van der Waals surface area contributed by atoms with E-state index in [1.165, 1.54) is 0 Å². The van der Waals surface area contributed by atoms with Gasteiger partial charge in [0.25, 0.3) is 5.91 Å². The van der Waals surface area contributed by atoms with Gasteiger partial charge in [-0.15, -0.1) is 0 Å². The quantitative estimate of drug-likeness (QED) is 0.758. The van der Waals surface area contributed by atoms with E-state index >= 15 is 0 Å². The summed E-state index contributed by atoms with van der Waals surface area (Å²) < 4.78 is 0. The number of hydrogen-bond donors (Lipinski definition) is 2. The first-order valence-electron chi connectivity index (χ1n) is 5.88. The van der Waals surface area contributed by atoms with Crippen LogP contribution in [0.15, 0.2) is 18.2 Å². The zero-order valence-electron chi connectivity index (χ0n) is 10.4. The Labute approximate surface area is 117 Å². The molecule has 3 nitrogen and oxygen atoms in total. The summed E-state index contributed by atoms with van der Waals surface area (Å²) in [6.45, 7) is 2.75. The molecule has 0 bridgehead atoms. The average Bonchev–Trinajstić information content (AvgIpc) is 2.36. The summed E-state index contributed by atoms with van der Waals surface area (Å²) in [7, 11) is 0. The monoisotopic (exact) mass is 287 g/mol. The second kappa shape index (κ2) is 8.40. The van der Waals surface area contributed by atoms with Crippen molar-refractivity contribution in [2.45, 2.75) is 13.3 Å². The van der Waals surface area contributed by atoms with Crippen molar-refractivity contribution in [3.8, 4) is 0 Å². The van der Waals surface area contributed by atoms with Gasteiger partial charge >= 0.3 is 0 Å². The molecule has 0 fully saturated rings. The molecular weight excluding hydrogens is 270 g/mol. The number of aliphatic hydroxyl groups excluding tert-OH is 1. The lowest BCUT2D eigenvalue weighted by Gasteiger charge is -2.06. The highest BCUT2D eigenvalue weighted by molar-refractivity contribution is 7.99. The Morgan fingerprint density at radius 2 is 2.22 bits per heavy atom. The topological polar surface area (TPSA) is 49.3 Å². The SMILES string of the molecule is Cc1ccc(C(=O)NCCSCCCO)cc1Cl. The van der Waals surface area contributed by atoms with Crippen molar-refractivity contribution < 1.29 is 9.90 Å². The summed E-state index contributed by atoms with van der Waals surface area (Å²) in [5, 5.41) is 12.1. The van der Waals surface area contributed by atoms with Crippen LogP contribution in [0.5, 0.6) is 0 Å². The van der Waals surface area contributed by atoms with E-state index in [2.05, 4.69) is 5.32 Å². The lowest BCUT2D eigenvalue weighted by molar-refractivity contribution is 0.0956. The molecule has 0 heterocycles. The first-order chi connectivity index (χ1) is 8.65. The molecule has 0 aliphatic carbocycles. The first-order valence-corrected chi connectivity index (χ1v) is 7.41. The number of halogens is 1. The van der Waals surface area contributed by atoms with E-state index in [0.29, 0.717) is 17.1 Å². The maximum absolute atomic E-state index is 11.8. The van der Waals surface area contributed by atoms with Gasteiger partial charge in [0.15, 0.2) is 0 Å².